The Morgan fingerprint density at radius 2 is 2.00 bits per heavy atom. The third-order valence-electron chi connectivity index (χ3n) is 2.11. The summed E-state index contributed by atoms with van der Waals surface area (Å²) in [5, 5.41) is 7.68. The van der Waals surface area contributed by atoms with Crippen LogP contribution in [0.3, 0.4) is 0 Å². The van der Waals surface area contributed by atoms with Crippen molar-refractivity contribution in [3.05, 3.63) is 42.0 Å². The van der Waals surface area contributed by atoms with Crippen molar-refractivity contribution in [1.82, 2.24) is 15.0 Å². The van der Waals surface area contributed by atoms with E-state index in [-0.39, 0.29) is 11.9 Å². The number of nitrogens with zero attached hydrogens (tertiary/aromatic N) is 3. The second-order valence-electron chi connectivity index (χ2n) is 3.34. The molecule has 2 rings (SSSR count). The maximum Gasteiger partial charge on any atom is 0.123 e. The molecule has 0 aliphatic rings. The number of nitrogens with two attached hydrogens (primary N) is 1. The molecule has 1 atom stereocenters. The summed E-state index contributed by atoms with van der Waals surface area (Å²) >= 11 is 0. The molecule has 15 heavy (non-hydrogen) atoms. The van der Waals surface area contributed by atoms with Gasteiger partial charge in [-0.3, -0.25) is 0 Å². The van der Waals surface area contributed by atoms with Crippen molar-refractivity contribution in [2.75, 3.05) is 0 Å². The van der Waals surface area contributed by atoms with E-state index in [9.17, 15) is 4.39 Å². The van der Waals surface area contributed by atoms with Crippen LogP contribution in [0.4, 0.5) is 4.39 Å². The molecule has 0 saturated heterocycles. The van der Waals surface area contributed by atoms with Crippen LogP contribution >= 0.6 is 0 Å². The van der Waals surface area contributed by atoms with E-state index in [1.807, 2.05) is 6.92 Å². The Hall–Kier alpha value is -1.75. The molecule has 0 amide bonds. The molecule has 2 N–H and O–H groups in total. The highest BCUT2D eigenvalue weighted by molar-refractivity contribution is 5.32. The topological polar surface area (TPSA) is 56.7 Å². The molecule has 0 spiro atoms. The molecule has 4 nitrogen and oxygen atoms in total. The molecule has 2 aromatic rings. The Kier molecular flexibility index (Phi) is 2.47. The zero-order valence-electron chi connectivity index (χ0n) is 8.26. The highest BCUT2D eigenvalue weighted by Crippen LogP contribution is 2.14. The van der Waals surface area contributed by atoms with Crippen molar-refractivity contribution in [1.29, 1.82) is 0 Å². The average Bonchev–Trinajstić information content (AvgIpc) is 2.67. The lowest BCUT2D eigenvalue weighted by Crippen LogP contribution is -2.11. The molecule has 0 bridgehead atoms. The summed E-state index contributed by atoms with van der Waals surface area (Å²) in [7, 11) is 0. The van der Waals surface area contributed by atoms with Crippen molar-refractivity contribution in [3.63, 3.8) is 0 Å². The molecule has 1 aromatic heterocycles. The molecule has 0 saturated carbocycles. The van der Waals surface area contributed by atoms with Crippen molar-refractivity contribution < 1.29 is 4.39 Å². The Balaban J connectivity index is 2.45. The first-order chi connectivity index (χ1) is 7.18. The normalized spacial score (nSPS) is 12.7. The summed E-state index contributed by atoms with van der Waals surface area (Å²) in [4.78, 5) is 0. The van der Waals surface area contributed by atoms with Crippen LogP contribution in [0, 0.1) is 5.82 Å². The maximum atomic E-state index is 12.7. The van der Waals surface area contributed by atoms with E-state index in [2.05, 4.69) is 10.3 Å². The molecule has 1 unspecified atom stereocenters. The Labute approximate surface area is 86.5 Å². The van der Waals surface area contributed by atoms with Crippen molar-refractivity contribution in [2.45, 2.75) is 13.0 Å². The summed E-state index contributed by atoms with van der Waals surface area (Å²) in [5.41, 5.74) is 7.30. The van der Waals surface area contributed by atoms with Gasteiger partial charge in [-0.05, 0) is 31.2 Å². The van der Waals surface area contributed by atoms with E-state index >= 15 is 0 Å². The lowest BCUT2D eigenvalue weighted by molar-refractivity contribution is 0.625. The van der Waals surface area contributed by atoms with Gasteiger partial charge in [-0.15, -0.1) is 5.10 Å². The second kappa shape index (κ2) is 3.78. The van der Waals surface area contributed by atoms with E-state index < -0.39 is 0 Å². The number of aromatic nitrogens is 3. The lowest BCUT2D eigenvalue weighted by Gasteiger charge is -2.08. The van der Waals surface area contributed by atoms with Crippen molar-refractivity contribution in [3.8, 4) is 5.69 Å². The number of hydrogen-bond donors (Lipinski definition) is 1. The molecular formula is C10H11FN4. The fraction of sp³-hybridized carbons (Fsp3) is 0.200. The van der Waals surface area contributed by atoms with Crippen LogP contribution in [0.15, 0.2) is 30.5 Å². The minimum Gasteiger partial charge on any atom is -0.323 e. The summed E-state index contributed by atoms with van der Waals surface area (Å²) < 4.78 is 14.3. The van der Waals surface area contributed by atoms with Crippen molar-refractivity contribution in [2.24, 2.45) is 5.73 Å². The van der Waals surface area contributed by atoms with Gasteiger partial charge in [-0.2, -0.15) is 0 Å². The Bertz CT molecular complexity index is 447. The van der Waals surface area contributed by atoms with E-state index in [4.69, 9.17) is 5.73 Å². The predicted molar refractivity (Wildman–Crippen MR) is 53.9 cm³/mol. The van der Waals surface area contributed by atoms with E-state index in [0.717, 1.165) is 11.4 Å². The maximum absolute atomic E-state index is 12.7. The van der Waals surface area contributed by atoms with Gasteiger partial charge < -0.3 is 5.73 Å². The zero-order valence-corrected chi connectivity index (χ0v) is 8.26. The van der Waals surface area contributed by atoms with Gasteiger partial charge >= 0.3 is 0 Å². The average molecular weight is 206 g/mol. The fourth-order valence-electron chi connectivity index (χ4n) is 1.34. The van der Waals surface area contributed by atoms with Crippen LogP contribution in [0.1, 0.15) is 18.7 Å². The number of rotatable bonds is 2. The van der Waals surface area contributed by atoms with E-state index in [1.54, 1.807) is 23.0 Å². The largest absolute Gasteiger partial charge is 0.323 e. The number of benzene rings is 1. The first-order valence-corrected chi connectivity index (χ1v) is 4.60. The zero-order chi connectivity index (χ0) is 10.8. The second-order valence-corrected chi connectivity index (χ2v) is 3.34. The van der Waals surface area contributed by atoms with Gasteiger partial charge in [0, 0.05) is 6.04 Å². The van der Waals surface area contributed by atoms with Crippen LogP contribution in [0.25, 0.3) is 5.69 Å². The molecule has 1 aromatic carbocycles. The molecule has 0 aliphatic heterocycles. The molecular weight excluding hydrogens is 195 g/mol. The van der Waals surface area contributed by atoms with Gasteiger partial charge in [0.05, 0.1) is 17.6 Å². The fourth-order valence-corrected chi connectivity index (χ4v) is 1.34. The lowest BCUT2D eigenvalue weighted by atomic mass is 10.2. The van der Waals surface area contributed by atoms with Crippen LogP contribution < -0.4 is 5.73 Å². The third-order valence-corrected chi connectivity index (χ3v) is 2.11. The van der Waals surface area contributed by atoms with Gasteiger partial charge in [0.1, 0.15) is 5.82 Å². The summed E-state index contributed by atoms with van der Waals surface area (Å²) in [5.74, 6) is -0.277. The first kappa shape index (κ1) is 9.79. The van der Waals surface area contributed by atoms with Crippen LogP contribution in [-0.2, 0) is 0 Å². The highest BCUT2D eigenvalue weighted by atomic mass is 19.1. The molecule has 0 radical (unpaired) electrons. The third kappa shape index (κ3) is 1.87. The minimum absolute atomic E-state index is 0.162. The molecule has 0 fully saturated rings. The summed E-state index contributed by atoms with van der Waals surface area (Å²) in [6.07, 6.45) is 1.61. The number of hydrogen-bond acceptors (Lipinski definition) is 3. The summed E-state index contributed by atoms with van der Waals surface area (Å²) in [6.45, 7) is 1.85. The van der Waals surface area contributed by atoms with Crippen LogP contribution in [0.5, 0.6) is 0 Å². The molecule has 78 valence electrons. The smallest absolute Gasteiger partial charge is 0.123 e. The van der Waals surface area contributed by atoms with Gasteiger partial charge in [0.25, 0.3) is 0 Å². The monoisotopic (exact) mass is 206 g/mol. The van der Waals surface area contributed by atoms with E-state index in [1.165, 1.54) is 12.1 Å². The van der Waals surface area contributed by atoms with Crippen molar-refractivity contribution >= 4 is 0 Å². The van der Waals surface area contributed by atoms with Crippen LogP contribution in [-0.4, -0.2) is 15.0 Å². The predicted octanol–water partition coefficient (Wildman–Crippen LogP) is 1.43. The quantitative estimate of drug-likeness (QED) is 0.808. The van der Waals surface area contributed by atoms with Gasteiger partial charge in [0.2, 0.25) is 0 Å². The Morgan fingerprint density at radius 1 is 1.33 bits per heavy atom. The molecule has 1 heterocycles. The van der Waals surface area contributed by atoms with Gasteiger partial charge in [-0.25, -0.2) is 9.07 Å². The number of halogens is 1. The van der Waals surface area contributed by atoms with Crippen LogP contribution in [0.2, 0.25) is 0 Å². The Morgan fingerprint density at radius 3 is 2.60 bits per heavy atom. The molecule has 0 aliphatic carbocycles. The molecule has 5 heteroatoms. The highest BCUT2D eigenvalue weighted by Gasteiger charge is 2.09. The standard InChI is InChI=1S/C10H11FN4/c1-7(12)10-6-13-14-15(10)9-4-2-8(11)3-5-9/h2-7H,12H2,1H3. The van der Waals surface area contributed by atoms with Gasteiger partial charge in [-0.1, -0.05) is 5.21 Å². The first-order valence-electron chi connectivity index (χ1n) is 4.60. The SMILES string of the molecule is CC(N)c1cnnn1-c1ccc(F)cc1. The summed E-state index contributed by atoms with van der Waals surface area (Å²) in [6, 6.07) is 5.86. The van der Waals surface area contributed by atoms with E-state index in [0.29, 0.717) is 0 Å². The minimum atomic E-state index is -0.277. The van der Waals surface area contributed by atoms with Gasteiger partial charge in [0.15, 0.2) is 0 Å².